The molecule has 1 atom stereocenters. The summed E-state index contributed by atoms with van der Waals surface area (Å²) in [5, 5.41) is 13.7. The maximum absolute atomic E-state index is 10.5. The van der Waals surface area contributed by atoms with Gasteiger partial charge in [0.15, 0.2) is 0 Å². The third kappa shape index (κ3) is 1.98. The number of piperidine rings is 1. The van der Waals surface area contributed by atoms with Gasteiger partial charge >= 0.3 is 0 Å². The molecule has 2 rings (SSSR count). The van der Waals surface area contributed by atoms with Crippen molar-refractivity contribution in [3.8, 4) is 0 Å². The monoisotopic (exact) mass is 206 g/mol. The van der Waals surface area contributed by atoms with Crippen molar-refractivity contribution >= 4 is 5.69 Å². The number of benzene rings is 1. The summed E-state index contributed by atoms with van der Waals surface area (Å²) in [4.78, 5) is 0. The highest BCUT2D eigenvalue weighted by molar-refractivity contribution is 5.51. The fourth-order valence-corrected chi connectivity index (χ4v) is 2.19. The molecule has 1 fully saturated rings. The van der Waals surface area contributed by atoms with Gasteiger partial charge in [-0.25, -0.2) is 0 Å². The highest BCUT2D eigenvalue weighted by Crippen LogP contribution is 2.32. The van der Waals surface area contributed by atoms with Crippen LogP contribution in [0.3, 0.4) is 0 Å². The van der Waals surface area contributed by atoms with Gasteiger partial charge in [0.05, 0.1) is 0 Å². The Labute approximate surface area is 90.3 Å². The molecule has 1 saturated heterocycles. The predicted molar refractivity (Wildman–Crippen MR) is 61.6 cm³/mol. The molecule has 1 unspecified atom stereocenters. The van der Waals surface area contributed by atoms with E-state index in [1.807, 2.05) is 25.1 Å². The molecule has 0 aliphatic carbocycles. The third-order valence-electron chi connectivity index (χ3n) is 3.07. The van der Waals surface area contributed by atoms with Crippen LogP contribution in [0.25, 0.3) is 0 Å². The topological polar surface area (TPSA) is 58.3 Å². The molecular weight excluding hydrogens is 188 g/mol. The molecule has 1 aromatic rings. The van der Waals surface area contributed by atoms with Crippen molar-refractivity contribution < 1.29 is 5.11 Å². The SMILES string of the molecule is Cc1ccc(N)c(C2(O)CCCNC2)c1. The summed E-state index contributed by atoms with van der Waals surface area (Å²) in [5.41, 5.74) is 7.83. The number of rotatable bonds is 1. The smallest absolute Gasteiger partial charge is 0.104 e. The second-order valence-corrected chi connectivity index (χ2v) is 4.40. The number of nitrogens with two attached hydrogens (primary N) is 1. The molecule has 0 saturated carbocycles. The van der Waals surface area contributed by atoms with Crippen LogP contribution in [0.4, 0.5) is 5.69 Å². The van der Waals surface area contributed by atoms with Crippen LogP contribution in [0.5, 0.6) is 0 Å². The molecule has 3 nitrogen and oxygen atoms in total. The molecule has 1 heterocycles. The van der Waals surface area contributed by atoms with Gasteiger partial charge in [-0.1, -0.05) is 17.7 Å². The first-order valence-corrected chi connectivity index (χ1v) is 5.41. The first kappa shape index (κ1) is 10.5. The van der Waals surface area contributed by atoms with Crippen LogP contribution in [0.1, 0.15) is 24.0 Å². The van der Waals surface area contributed by atoms with E-state index in [4.69, 9.17) is 5.73 Å². The standard InChI is InChI=1S/C12H18N2O/c1-9-3-4-11(13)10(7-9)12(15)5-2-6-14-8-12/h3-4,7,14-15H,2,5-6,8,13H2,1H3. The van der Waals surface area contributed by atoms with E-state index >= 15 is 0 Å². The van der Waals surface area contributed by atoms with Crippen molar-refractivity contribution in [1.82, 2.24) is 5.32 Å². The highest BCUT2D eigenvalue weighted by atomic mass is 16.3. The van der Waals surface area contributed by atoms with Crippen LogP contribution >= 0.6 is 0 Å². The number of aryl methyl sites for hydroxylation is 1. The number of hydrogen-bond acceptors (Lipinski definition) is 3. The predicted octanol–water partition coefficient (Wildman–Crippen LogP) is 1.15. The van der Waals surface area contributed by atoms with Crippen LogP contribution in [0, 0.1) is 6.92 Å². The molecular formula is C12H18N2O. The molecule has 0 bridgehead atoms. The quantitative estimate of drug-likeness (QED) is 0.604. The van der Waals surface area contributed by atoms with E-state index in [-0.39, 0.29) is 0 Å². The second-order valence-electron chi connectivity index (χ2n) is 4.40. The summed E-state index contributed by atoms with van der Waals surface area (Å²) < 4.78 is 0. The maximum Gasteiger partial charge on any atom is 0.104 e. The van der Waals surface area contributed by atoms with Gasteiger partial charge in [-0.2, -0.15) is 0 Å². The number of nitrogens with one attached hydrogen (secondary N) is 1. The lowest BCUT2D eigenvalue weighted by Gasteiger charge is -2.34. The lowest BCUT2D eigenvalue weighted by molar-refractivity contribution is 0.0130. The lowest BCUT2D eigenvalue weighted by Crippen LogP contribution is -2.43. The Hall–Kier alpha value is -1.06. The van der Waals surface area contributed by atoms with Gasteiger partial charge in [0.1, 0.15) is 5.60 Å². The molecule has 1 aromatic carbocycles. The van der Waals surface area contributed by atoms with Gasteiger partial charge in [-0.05, 0) is 32.4 Å². The maximum atomic E-state index is 10.5. The second kappa shape index (κ2) is 3.83. The van der Waals surface area contributed by atoms with Crippen LogP contribution in [-0.2, 0) is 5.60 Å². The van der Waals surface area contributed by atoms with E-state index in [2.05, 4.69) is 5.32 Å². The summed E-state index contributed by atoms with van der Waals surface area (Å²) in [6, 6.07) is 5.83. The van der Waals surface area contributed by atoms with E-state index < -0.39 is 5.60 Å². The van der Waals surface area contributed by atoms with Crippen LogP contribution < -0.4 is 11.1 Å². The minimum Gasteiger partial charge on any atom is -0.398 e. The Morgan fingerprint density at radius 2 is 2.27 bits per heavy atom. The fraction of sp³-hybridized carbons (Fsp3) is 0.500. The van der Waals surface area contributed by atoms with E-state index in [0.29, 0.717) is 12.2 Å². The highest BCUT2D eigenvalue weighted by Gasteiger charge is 2.32. The zero-order valence-electron chi connectivity index (χ0n) is 9.09. The summed E-state index contributed by atoms with van der Waals surface area (Å²) in [5.74, 6) is 0. The Morgan fingerprint density at radius 3 is 2.93 bits per heavy atom. The Balaban J connectivity index is 2.38. The van der Waals surface area contributed by atoms with E-state index in [0.717, 1.165) is 30.5 Å². The van der Waals surface area contributed by atoms with Gasteiger partial charge in [-0.15, -0.1) is 0 Å². The number of anilines is 1. The minimum atomic E-state index is -0.783. The van der Waals surface area contributed by atoms with Crippen molar-refractivity contribution in [3.05, 3.63) is 29.3 Å². The lowest BCUT2D eigenvalue weighted by atomic mass is 9.85. The minimum absolute atomic E-state index is 0.598. The van der Waals surface area contributed by atoms with E-state index in [1.54, 1.807) is 0 Å². The van der Waals surface area contributed by atoms with Crippen molar-refractivity contribution in [3.63, 3.8) is 0 Å². The van der Waals surface area contributed by atoms with Crippen molar-refractivity contribution in [2.24, 2.45) is 0 Å². The van der Waals surface area contributed by atoms with Crippen molar-refractivity contribution in [2.75, 3.05) is 18.8 Å². The van der Waals surface area contributed by atoms with Crippen LogP contribution in [0.15, 0.2) is 18.2 Å². The zero-order valence-corrected chi connectivity index (χ0v) is 9.09. The Kier molecular flexibility index (Phi) is 2.67. The van der Waals surface area contributed by atoms with Gasteiger partial charge in [-0.3, -0.25) is 0 Å². The molecule has 82 valence electrons. The zero-order chi connectivity index (χ0) is 10.9. The average molecular weight is 206 g/mol. The average Bonchev–Trinajstić information content (AvgIpc) is 2.23. The third-order valence-corrected chi connectivity index (χ3v) is 3.07. The summed E-state index contributed by atoms with van der Waals surface area (Å²) in [6.45, 7) is 3.59. The van der Waals surface area contributed by atoms with E-state index in [1.165, 1.54) is 0 Å². The van der Waals surface area contributed by atoms with Crippen LogP contribution in [0.2, 0.25) is 0 Å². The largest absolute Gasteiger partial charge is 0.398 e. The fourth-order valence-electron chi connectivity index (χ4n) is 2.19. The van der Waals surface area contributed by atoms with E-state index in [9.17, 15) is 5.11 Å². The number of aliphatic hydroxyl groups is 1. The number of hydrogen-bond donors (Lipinski definition) is 3. The Morgan fingerprint density at radius 1 is 1.47 bits per heavy atom. The molecule has 3 heteroatoms. The summed E-state index contributed by atoms with van der Waals surface area (Å²) >= 11 is 0. The molecule has 1 aliphatic rings. The van der Waals surface area contributed by atoms with Crippen molar-refractivity contribution in [2.45, 2.75) is 25.4 Å². The number of nitrogen functional groups attached to an aromatic ring is 1. The Bertz CT molecular complexity index is 357. The van der Waals surface area contributed by atoms with Gasteiger partial charge in [0, 0.05) is 17.8 Å². The number of β-amino-alcohol motifs (C(OH)–C–C–N with tert-alkyl or cyclic N) is 1. The first-order chi connectivity index (χ1) is 7.12. The molecule has 1 aliphatic heterocycles. The molecule has 4 N–H and O–H groups in total. The van der Waals surface area contributed by atoms with Gasteiger partial charge in [0.2, 0.25) is 0 Å². The molecule has 0 aromatic heterocycles. The molecule has 0 radical (unpaired) electrons. The summed E-state index contributed by atoms with van der Waals surface area (Å²) in [6.07, 6.45) is 1.78. The van der Waals surface area contributed by atoms with Gasteiger partial charge in [0.25, 0.3) is 0 Å². The van der Waals surface area contributed by atoms with Gasteiger partial charge < -0.3 is 16.2 Å². The normalized spacial score (nSPS) is 26.5. The molecule has 0 spiro atoms. The molecule has 0 amide bonds. The van der Waals surface area contributed by atoms with Crippen LogP contribution in [-0.4, -0.2) is 18.2 Å². The summed E-state index contributed by atoms with van der Waals surface area (Å²) in [7, 11) is 0. The first-order valence-electron chi connectivity index (χ1n) is 5.41. The molecule has 15 heavy (non-hydrogen) atoms. The van der Waals surface area contributed by atoms with Crippen molar-refractivity contribution in [1.29, 1.82) is 0 Å².